The van der Waals surface area contributed by atoms with E-state index >= 15 is 0 Å². The lowest BCUT2D eigenvalue weighted by Crippen LogP contribution is -2.38. The molecule has 0 saturated carbocycles. The van der Waals surface area contributed by atoms with Gasteiger partial charge in [-0.25, -0.2) is 0 Å². The predicted octanol–water partition coefficient (Wildman–Crippen LogP) is 3.12. The van der Waals surface area contributed by atoms with Crippen LogP contribution in [0.15, 0.2) is 13.6 Å². The summed E-state index contributed by atoms with van der Waals surface area (Å²) in [7, 11) is 0. The van der Waals surface area contributed by atoms with Crippen LogP contribution in [0, 0.1) is 0 Å². The Labute approximate surface area is 116 Å². The van der Waals surface area contributed by atoms with Crippen LogP contribution in [-0.4, -0.2) is 35.1 Å². The largest absolute Gasteiger partial charge is 0.395 e. The van der Waals surface area contributed by atoms with Crippen molar-refractivity contribution in [2.24, 2.45) is 0 Å². The number of carbonyl (C=O) groups is 1. The molecule has 16 heavy (non-hydrogen) atoms. The molecule has 0 saturated heterocycles. The second kappa shape index (κ2) is 6.14. The Morgan fingerprint density at radius 2 is 2.19 bits per heavy atom. The molecular weight excluding hydrogens is 358 g/mol. The Morgan fingerprint density at radius 1 is 1.56 bits per heavy atom. The van der Waals surface area contributed by atoms with Crippen LogP contribution >= 0.6 is 43.2 Å². The van der Waals surface area contributed by atoms with E-state index in [1.807, 2.05) is 13.8 Å². The minimum absolute atomic E-state index is 0.0210. The molecule has 1 aromatic rings. The molecule has 0 spiro atoms. The first kappa shape index (κ1) is 14.2. The van der Waals surface area contributed by atoms with Gasteiger partial charge in [0, 0.05) is 12.6 Å². The fourth-order valence-corrected chi connectivity index (χ4v) is 4.12. The molecule has 0 fully saturated rings. The molecule has 0 aromatic carbocycles. The standard InChI is InChI=1S/C10H13Br2NO2S/c1-6(2)13(3-4-14)10(15)7-5-8(11)16-9(7)12/h5-6,14H,3-4H2,1-2H3. The first-order valence-corrected chi connectivity index (χ1v) is 7.24. The smallest absolute Gasteiger partial charge is 0.256 e. The zero-order chi connectivity index (χ0) is 12.3. The Kier molecular flexibility index (Phi) is 5.43. The lowest BCUT2D eigenvalue weighted by atomic mass is 10.2. The zero-order valence-electron chi connectivity index (χ0n) is 9.04. The number of thiophene rings is 1. The van der Waals surface area contributed by atoms with Gasteiger partial charge in [0.15, 0.2) is 0 Å². The van der Waals surface area contributed by atoms with Crippen LogP contribution < -0.4 is 0 Å². The number of halogens is 2. The third-order valence-corrected chi connectivity index (χ3v) is 4.45. The van der Waals surface area contributed by atoms with Crippen LogP contribution in [0.3, 0.4) is 0 Å². The predicted molar refractivity (Wildman–Crippen MR) is 73.0 cm³/mol. The topological polar surface area (TPSA) is 40.5 Å². The van der Waals surface area contributed by atoms with Crippen molar-refractivity contribution in [3.05, 3.63) is 19.2 Å². The summed E-state index contributed by atoms with van der Waals surface area (Å²) in [5, 5.41) is 8.94. The van der Waals surface area contributed by atoms with Crippen LogP contribution in [0.2, 0.25) is 0 Å². The molecule has 0 atom stereocenters. The summed E-state index contributed by atoms with van der Waals surface area (Å²) in [6.45, 7) is 4.20. The fraction of sp³-hybridized carbons (Fsp3) is 0.500. The molecule has 0 aliphatic rings. The monoisotopic (exact) mass is 369 g/mol. The normalized spacial score (nSPS) is 10.9. The van der Waals surface area contributed by atoms with Gasteiger partial charge in [-0.1, -0.05) is 0 Å². The van der Waals surface area contributed by atoms with Crippen molar-refractivity contribution in [3.8, 4) is 0 Å². The average Bonchev–Trinajstić information content (AvgIpc) is 2.53. The third kappa shape index (κ3) is 3.29. The van der Waals surface area contributed by atoms with E-state index in [4.69, 9.17) is 5.11 Å². The van der Waals surface area contributed by atoms with Gasteiger partial charge in [0.1, 0.15) is 0 Å². The summed E-state index contributed by atoms with van der Waals surface area (Å²) in [4.78, 5) is 13.8. The van der Waals surface area contributed by atoms with Crippen molar-refractivity contribution in [2.75, 3.05) is 13.2 Å². The SMILES string of the molecule is CC(C)N(CCO)C(=O)c1cc(Br)sc1Br. The maximum absolute atomic E-state index is 12.2. The number of amides is 1. The molecule has 1 N–H and O–H groups in total. The zero-order valence-corrected chi connectivity index (χ0v) is 13.0. The molecule has 1 aromatic heterocycles. The van der Waals surface area contributed by atoms with Crippen molar-refractivity contribution >= 4 is 49.1 Å². The maximum atomic E-state index is 12.2. The van der Waals surface area contributed by atoms with Gasteiger partial charge in [-0.2, -0.15) is 0 Å². The van der Waals surface area contributed by atoms with Gasteiger partial charge in [-0.15, -0.1) is 11.3 Å². The van der Waals surface area contributed by atoms with Gasteiger partial charge < -0.3 is 10.0 Å². The van der Waals surface area contributed by atoms with Gasteiger partial charge in [0.05, 0.1) is 19.7 Å². The van der Waals surface area contributed by atoms with Crippen molar-refractivity contribution in [3.63, 3.8) is 0 Å². The number of hydrogen-bond donors (Lipinski definition) is 1. The second-order valence-corrected chi connectivity index (χ2v) is 7.30. The quantitative estimate of drug-likeness (QED) is 0.884. The van der Waals surface area contributed by atoms with E-state index in [1.165, 1.54) is 11.3 Å². The highest BCUT2D eigenvalue weighted by molar-refractivity contribution is 9.12. The maximum Gasteiger partial charge on any atom is 0.256 e. The number of rotatable bonds is 4. The number of aliphatic hydroxyl groups excluding tert-OH is 1. The average molecular weight is 371 g/mol. The molecule has 1 amide bonds. The van der Waals surface area contributed by atoms with Crippen LogP contribution in [-0.2, 0) is 0 Å². The molecule has 1 heterocycles. The third-order valence-electron chi connectivity index (χ3n) is 2.11. The molecule has 0 bridgehead atoms. The van der Waals surface area contributed by atoms with Crippen LogP contribution in [0.4, 0.5) is 0 Å². The highest BCUT2D eigenvalue weighted by Crippen LogP contribution is 2.32. The molecular formula is C10H13Br2NO2S. The summed E-state index contributed by atoms with van der Waals surface area (Å²) < 4.78 is 1.73. The number of hydrogen-bond acceptors (Lipinski definition) is 3. The van der Waals surface area contributed by atoms with Gasteiger partial charge in [-0.3, -0.25) is 4.79 Å². The number of nitrogens with zero attached hydrogens (tertiary/aromatic N) is 1. The summed E-state index contributed by atoms with van der Waals surface area (Å²) in [6, 6.07) is 1.87. The van der Waals surface area contributed by atoms with E-state index in [9.17, 15) is 4.79 Å². The van der Waals surface area contributed by atoms with E-state index in [2.05, 4.69) is 31.9 Å². The molecule has 90 valence electrons. The molecule has 0 aliphatic heterocycles. The lowest BCUT2D eigenvalue weighted by Gasteiger charge is -2.25. The van der Waals surface area contributed by atoms with Crippen LogP contribution in [0.25, 0.3) is 0 Å². The van der Waals surface area contributed by atoms with Crippen LogP contribution in [0.1, 0.15) is 24.2 Å². The van der Waals surface area contributed by atoms with Crippen molar-refractivity contribution in [2.45, 2.75) is 19.9 Å². The summed E-state index contributed by atoms with van der Waals surface area (Å²) in [6.07, 6.45) is 0. The van der Waals surface area contributed by atoms with Crippen LogP contribution in [0.5, 0.6) is 0 Å². The highest BCUT2D eigenvalue weighted by Gasteiger charge is 2.21. The molecule has 1 rings (SSSR count). The summed E-state index contributed by atoms with van der Waals surface area (Å²) in [5.74, 6) is -0.0575. The first-order valence-electron chi connectivity index (χ1n) is 4.84. The highest BCUT2D eigenvalue weighted by atomic mass is 79.9. The Bertz CT molecular complexity index is 379. The van der Waals surface area contributed by atoms with Gasteiger partial charge in [-0.05, 0) is 51.8 Å². The van der Waals surface area contributed by atoms with E-state index in [0.29, 0.717) is 12.1 Å². The molecule has 3 nitrogen and oxygen atoms in total. The summed E-state index contributed by atoms with van der Waals surface area (Å²) in [5.41, 5.74) is 0.638. The minimum Gasteiger partial charge on any atom is -0.395 e. The Morgan fingerprint density at radius 3 is 2.56 bits per heavy atom. The number of aliphatic hydroxyl groups is 1. The first-order chi connectivity index (χ1) is 7.47. The molecule has 0 unspecified atom stereocenters. The van der Waals surface area contributed by atoms with E-state index < -0.39 is 0 Å². The van der Waals surface area contributed by atoms with E-state index in [-0.39, 0.29) is 18.6 Å². The lowest BCUT2D eigenvalue weighted by molar-refractivity contribution is 0.0665. The van der Waals surface area contributed by atoms with Gasteiger partial charge >= 0.3 is 0 Å². The van der Waals surface area contributed by atoms with E-state index in [0.717, 1.165) is 7.57 Å². The van der Waals surface area contributed by atoms with Crippen molar-refractivity contribution in [1.82, 2.24) is 4.90 Å². The second-order valence-electron chi connectivity index (χ2n) is 3.55. The van der Waals surface area contributed by atoms with Gasteiger partial charge in [0.25, 0.3) is 5.91 Å². The molecule has 0 radical (unpaired) electrons. The number of carbonyl (C=O) groups excluding carboxylic acids is 1. The molecule has 6 heteroatoms. The molecule has 0 aliphatic carbocycles. The summed E-state index contributed by atoms with van der Waals surface area (Å²) >= 11 is 8.18. The van der Waals surface area contributed by atoms with Crippen molar-refractivity contribution in [1.29, 1.82) is 0 Å². The van der Waals surface area contributed by atoms with E-state index in [1.54, 1.807) is 11.0 Å². The van der Waals surface area contributed by atoms with Gasteiger partial charge in [0.2, 0.25) is 0 Å². The minimum atomic E-state index is -0.0575. The van der Waals surface area contributed by atoms with Crippen molar-refractivity contribution < 1.29 is 9.90 Å². The Hall–Kier alpha value is 0.0900. The fourth-order valence-electron chi connectivity index (χ4n) is 1.34. The Balaban J connectivity index is 2.94.